The van der Waals surface area contributed by atoms with Crippen LogP contribution in [0, 0.1) is 5.82 Å². The lowest BCUT2D eigenvalue weighted by atomic mass is 10.2. The summed E-state index contributed by atoms with van der Waals surface area (Å²) in [5.41, 5.74) is 5.11. The molecule has 0 amide bonds. The zero-order chi connectivity index (χ0) is 18.6. The highest BCUT2D eigenvalue weighted by molar-refractivity contribution is 5.88. The van der Waals surface area contributed by atoms with Gasteiger partial charge in [-0.2, -0.15) is 10.2 Å². The first-order chi connectivity index (χ1) is 13.2. The predicted molar refractivity (Wildman–Crippen MR) is 101 cm³/mol. The molecule has 2 aromatic carbocycles. The molecule has 0 aliphatic carbocycles. The van der Waals surface area contributed by atoms with Gasteiger partial charge in [0.25, 0.3) is 0 Å². The predicted octanol–water partition coefficient (Wildman–Crippen LogP) is 3.41. The van der Waals surface area contributed by atoms with Crippen LogP contribution < -0.4 is 10.2 Å². The van der Waals surface area contributed by atoms with E-state index in [9.17, 15) is 4.39 Å². The van der Waals surface area contributed by atoms with Crippen LogP contribution in [0.1, 0.15) is 5.56 Å². The molecule has 0 bridgehead atoms. The highest BCUT2D eigenvalue weighted by atomic mass is 19.1. The zero-order valence-corrected chi connectivity index (χ0v) is 14.4. The standard InChI is InChI=1S/C19H15FN6O/c1-27-16-4-2-3-15(9-16)26-19-17(11-24-26)18(21-12-22-19)25-23-10-13-5-7-14(20)8-6-13/h2-12H,1H3,(H,21,22,25)/b23-10+. The van der Waals surface area contributed by atoms with Crippen LogP contribution in [0.15, 0.2) is 66.2 Å². The summed E-state index contributed by atoms with van der Waals surface area (Å²) in [5.74, 6) is 0.961. The third-order valence-corrected chi connectivity index (χ3v) is 3.92. The Balaban J connectivity index is 1.63. The minimum absolute atomic E-state index is 0.289. The Kier molecular flexibility index (Phi) is 4.44. The summed E-state index contributed by atoms with van der Waals surface area (Å²) >= 11 is 0. The smallest absolute Gasteiger partial charge is 0.168 e. The number of nitrogens with one attached hydrogen (secondary N) is 1. The molecule has 0 atom stereocenters. The maximum atomic E-state index is 12.9. The van der Waals surface area contributed by atoms with E-state index in [2.05, 4.69) is 25.6 Å². The minimum atomic E-state index is -0.289. The summed E-state index contributed by atoms with van der Waals surface area (Å²) < 4.78 is 19.9. The summed E-state index contributed by atoms with van der Waals surface area (Å²) in [4.78, 5) is 8.54. The van der Waals surface area contributed by atoms with Gasteiger partial charge in [0.05, 0.1) is 30.6 Å². The molecule has 0 spiro atoms. The first-order valence-electron chi connectivity index (χ1n) is 8.12. The highest BCUT2D eigenvalue weighted by Gasteiger charge is 2.11. The molecular weight excluding hydrogens is 347 g/mol. The van der Waals surface area contributed by atoms with Crippen molar-refractivity contribution >= 4 is 23.1 Å². The van der Waals surface area contributed by atoms with Crippen molar-refractivity contribution in [2.24, 2.45) is 5.10 Å². The largest absolute Gasteiger partial charge is 0.497 e. The van der Waals surface area contributed by atoms with E-state index < -0.39 is 0 Å². The van der Waals surface area contributed by atoms with E-state index in [0.717, 1.165) is 22.4 Å². The topological polar surface area (TPSA) is 77.2 Å². The Labute approximate surface area is 154 Å². The molecule has 0 saturated carbocycles. The van der Waals surface area contributed by atoms with Crippen molar-refractivity contribution in [3.8, 4) is 11.4 Å². The van der Waals surface area contributed by atoms with Crippen molar-refractivity contribution in [1.29, 1.82) is 0 Å². The molecule has 4 rings (SSSR count). The van der Waals surface area contributed by atoms with Crippen LogP contribution in [0.3, 0.4) is 0 Å². The fourth-order valence-electron chi connectivity index (χ4n) is 2.58. The van der Waals surface area contributed by atoms with Gasteiger partial charge in [-0.25, -0.2) is 19.0 Å². The van der Waals surface area contributed by atoms with E-state index in [-0.39, 0.29) is 5.82 Å². The number of fused-ring (bicyclic) bond motifs is 1. The van der Waals surface area contributed by atoms with E-state index in [1.807, 2.05) is 24.3 Å². The fraction of sp³-hybridized carbons (Fsp3) is 0.0526. The Morgan fingerprint density at radius 3 is 2.81 bits per heavy atom. The Morgan fingerprint density at radius 1 is 1.15 bits per heavy atom. The summed E-state index contributed by atoms with van der Waals surface area (Å²) in [7, 11) is 1.61. The average molecular weight is 362 g/mol. The average Bonchev–Trinajstić information content (AvgIpc) is 3.14. The Bertz CT molecular complexity index is 1110. The first-order valence-corrected chi connectivity index (χ1v) is 8.12. The number of hydrogen-bond acceptors (Lipinski definition) is 6. The lowest BCUT2D eigenvalue weighted by Crippen LogP contribution is -2.00. The molecule has 4 aromatic rings. The molecule has 2 heterocycles. The second-order valence-electron chi connectivity index (χ2n) is 5.64. The molecule has 7 nitrogen and oxygen atoms in total. The first kappa shape index (κ1) is 16.6. The van der Waals surface area contributed by atoms with Gasteiger partial charge in [-0.1, -0.05) is 18.2 Å². The molecule has 0 aliphatic rings. The van der Waals surface area contributed by atoms with Crippen molar-refractivity contribution in [3.63, 3.8) is 0 Å². The van der Waals surface area contributed by atoms with E-state index in [1.54, 1.807) is 36.3 Å². The maximum Gasteiger partial charge on any atom is 0.168 e. The summed E-state index contributed by atoms with van der Waals surface area (Å²) in [6, 6.07) is 13.6. The molecule has 8 heteroatoms. The molecule has 27 heavy (non-hydrogen) atoms. The van der Waals surface area contributed by atoms with Crippen LogP contribution in [0.5, 0.6) is 5.75 Å². The van der Waals surface area contributed by atoms with Crippen LogP contribution in [0.25, 0.3) is 16.7 Å². The molecule has 0 saturated heterocycles. The number of aromatic nitrogens is 4. The van der Waals surface area contributed by atoms with Crippen LogP contribution in [0.2, 0.25) is 0 Å². The molecule has 1 N–H and O–H groups in total. The summed E-state index contributed by atoms with van der Waals surface area (Å²) in [6.07, 6.45) is 4.70. The van der Waals surface area contributed by atoms with Gasteiger partial charge in [-0.3, -0.25) is 5.43 Å². The van der Waals surface area contributed by atoms with E-state index in [4.69, 9.17) is 4.74 Å². The number of anilines is 1. The molecule has 0 unspecified atom stereocenters. The summed E-state index contributed by atoms with van der Waals surface area (Å²) in [6.45, 7) is 0. The van der Waals surface area contributed by atoms with Crippen molar-refractivity contribution < 1.29 is 9.13 Å². The SMILES string of the molecule is COc1cccc(-n2ncc3c(N/N=C/c4ccc(F)cc4)ncnc32)c1. The number of hydrogen-bond donors (Lipinski definition) is 1. The number of halogens is 1. The zero-order valence-electron chi connectivity index (χ0n) is 14.4. The van der Waals surface area contributed by atoms with Crippen LogP contribution in [0.4, 0.5) is 10.2 Å². The van der Waals surface area contributed by atoms with Gasteiger partial charge in [0.2, 0.25) is 0 Å². The molecule has 0 aliphatic heterocycles. The quantitative estimate of drug-likeness (QED) is 0.435. The number of methoxy groups -OCH3 is 1. The van der Waals surface area contributed by atoms with Gasteiger partial charge in [-0.05, 0) is 29.8 Å². The molecule has 2 aromatic heterocycles. The second-order valence-corrected chi connectivity index (χ2v) is 5.64. The van der Waals surface area contributed by atoms with Crippen LogP contribution in [-0.2, 0) is 0 Å². The van der Waals surface area contributed by atoms with Crippen molar-refractivity contribution in [2.45, 2.75) is 0 Å². The van der Waals surface area contributed by atoms with Crippen molar-refractivity contribution in [1.82, 2.24) is 19.7 Å². The second kappa shape index (κ2) is 7.20. The lowest BCUT2D eigenvalue weighted by molar-refractivity contribution is 0.414. The lowest BCUT2D eigenvalue weighted by Gasteiger charge is -2.06. The number of benzene rings is 2. The van der Waals surface area contributed by atoms with Gasteiger partial charge in [0.15, 0.2) is 11.5 Å². The Hall–Kier alpha value is -3.81. The van der Waals surface area contributed by atoms with Gasteiger partial charge in [-0.15, -0.1) is 0 Å². The van der Waals surface area contributed by atoms with Gasteiger partial charge < -0.3 is 4.74 Å². The monoisotopic (exact) mass is 362 g/mol. The molecular formula is C19H15FN6O. The maximum absolute atomic E-state index is 12.9. The highest BCUT2D eigenvalue weighted by Crippen LogP contribution is 2.23. The normalized spacial score (nSPS) is 11.2. The van der Waals surface area contributed by atoms with Crippen LogP contribution >= 0.6 is 0 Å². The third-order valence-electron chi connectivity index (χ3n) is 3.92. The number of hydrazone groups is 1. The number of nitrogens with zero attached hydrogens (tertiary/aromatic N) is 5. The fourth-order valence-corrected chi connectivity index (χ4v) is 2.58. The number of ether oxygens (including phenoxy) is 1. The van der Waals surface area contributed by atoms with Crippen molar-refractivity contribution in [2.75, 3.05) is 12.5 Å². The molecule has 0 fully saturated rings. The number of rotatable bonds is 5. The third kappa shape index (κ3) is 3.45. The van der Waals surface area contributed by atoms with Crippen LogP contribution in [-0.4, -0.2) is 33.1 Å². The minimum Gasteiger partial charge on any atom is -0.497 e. The van der Waals surface area contributed by atoms with Gasteiger partial charge in [0, 0.05) is 6.07 Å². The van der Waals surface area contributed by atoms with Crippen molar-refractivity contribution in [3.05, 3.63) is 72.4 Å². The van der Waals surface area contributed by atoms with Gasteiger partial charge >= 0.3 is 0 Å². The Morgan fingerprint density at radius 2 is 2.00 bits per heavy atom. The molecule has 134 valence electrons. The summed E-state index contributed by atoms with van der Waals surface area (Å²) in [5, 5.41) is 9.28. The van der Waals surface area contributed by atoms with Gasteiger partial charge in [0.1, 0.15) is 17.9 Å². The van der Waals surface area contributed by atoms with E-state index in [1.165, 1.54) is 18.5 Å². The van der Waals surface area contributed by atoms with E-state index >= 15 is 0 Å². The van der Waals surface area contributed by atoms with E-state index in [0.29, 0.717) is 11.5 Å². The molecule has 0 radical (unpaired) electrons.